The van der Waals surface area contributed by atoms with Crippen molar-refractivity contribution in [1.29, 1.82) is 0 Å². The van der Waals surface area contributed by atoms with Crippen molar-refractivity contribution in [2.24, 2.45) is 0 Å². The van der Waals surface area contributed by atoms with Gasteiger partial charge in [-0.25, -0.2) is 0 Å². The second-order valence-corrected chi connectivity index (χ2v) is 6.89. The van der Waals surface area contributed by atoms with Crippen molar-refractivity contribution in [1.82, 2.24) is 4.90 Å². The molecule has 132 valence electrons. The van der Waals surface area contributed by atoms with E-state index in [1.165, 1.54) is 0 Å². The smallest absolute Gasteiger partial charge is 0.253 e. The monoisotopic (exact) mass is 339 g/mol. The van der Waals surface area contributed by atoms with E-state index in [0.29, 0.717) is 18.7 Å². The van der Waals surface area contributed by atoms with E-state index in [1.54, 1.807) is 11.9 Å². The highest BCUT2D eigenvalue weighted by molar-refractivity contribution is 5.94. The number of likely N-dealkylation sites (N-methyl/N-ethyl adjacent to an activating group) is 1. The quantitative estimate of drug-likeness (QED) is 0.874. The molecule has 2 aromatic rings. The van der Waals surface area contributed by atoms with Gasteiger partial charge in [0.25, 0.3) is 5.91 Å². The lowest BCUT2D eigenvalue weighted by Gasteiger charge is -2.28. The summed E-state index contributed by atoms with van der Waals surface area (Å²) in [5, 5.41) is 10.5. The van der Waals surface area contributed by atoms with Crippen molar-refractivity contribution in [3.63, 3.8) is 0 Å². The number of aliphatic hydroxyl groups is 1. The highest BCUT2D eigenvalue weighted by Crippen LogP contribution is 2.30. The Labute approximate surface area is 149 Å². The average Bonchev–Trinajstić information content (AvgIpc) is 3.06. The Bertz CT molecular complexity index is 691. The molecule has 4 heteroatoms. The lowest BCUT2D eigenvalue weighted by molar-refractivity contribution is 0.0157. The molecule has 3 rings (SSSR count). The maximum absolute atomic E-state index is 12.5. The van der Waals surface area contributed by atoms with Crippen molar-refractivity contribution in [2.45, 2.75) is 37.9 Å². The van der Waals surface area contributed by atoms with Gasteiger partial charge in [0.1, 0.15) is 12.4 Å². The molecule has 0 atom stereocenters. The third-order valence-electron chi connectivity index (χ3n) is 4.76. The summed E-state index contributed by atoms with van der Waals surface area (Å²) in [6, 6.07) is 17.1. The summed E-state index contributed by atoms with van der Waals surface area (Å²) in [6.45, 7) is 0.860. The fourth-order valence-corrected chi connectivity index (χ4v) is 3.35. The van der Waals surface area contributed by atoms with E-state index >= 15 is 0 Å². The highest BCUT2D eigenvalue weighted by atomic mass is 16.5. The Morgan fingerprint density at radius 2 is 1.72 bits per heavy atom. The van der Waals surface area contributed by atoms with Crippen LogP contribution in [0.1, 0.15) is 41.6 Å². The van der Waals surface area contributed by atoms with Gasteiger partial charge in [0, 0.05) is 19.2 Å². The fraction of sp³-hybridized carbons (Fsp3) is 0.381. The third kappa shape index (κ3) is 4.60. The first-order valence-corrected chi connectivity index (χ1v) is 8.80. The van der Waals surface area contributed by atoms with Gasteiger partial charge in [0.05, 0.1) is 5.60 Å². The van der Waals surface area contributed by atoms with Crippen LogP contribution in [-0.4, -0.2) is 35.1 Å². The first-order chi connectivity index (χ1) is 12.1. The molecule has 25 heavy (non-hydrogen) atoms. The molecule has 0 saturated heterocycles. The zero-order valence-electron chi connectivity index (χ0n) is 14.6. The van der Waals surface area contributed by atoms with Crippen LogP contribution in [0.5, 0.6) is 5.75 Å². The topological polar surface area (TPSA) is 49.8 Å². The molecule has 1 aliphatic rings. The lowest BCUT2D eigenvalue weighted by Crippen LogP contribution is -2.42. The average molecular weight is 339 g/mol. The van der Waals surface area contributed by atoms with Gasteiger partial charge in [-0.15, -0.1) is 0 Å². The van der Waals surface area contributed by atoms with Gasteiger partial charge >= 0.3 is 0 Å². The molecule has 0 spiro atoms. The van der Waals surface area contributed by atoms with Crippen LogP contribution in [0.15, 0.2) is 54.6 Å². The molecule has 0 aromatic heterocycles. The summed E-state index contributed by atoms with van der Waals surface area (Å²) in [7, 11) is 1.76. The van der Waals surface area contributed by atoms with Crippen molar-refractivity contribution in [3.05, 3.63) is 65.7 Å². The minimum atomic E-state index is -0.714. The van der Waals surface area contributed by atoms with Gasteiger partial charge in [0.15, 0.2) is 0 Å². The molecule has 1 N–H and O–H groups in total. The minimum Gasteiger partial charge on any atom is -0.489 e. The maximum atomic E-state index is 12.5. The van der Waals surface area contributed by atoms with E-state index in [-0.39, 0.29) is 5.91 Å². The predicted molar refractivity (Wildman–Crippen MR) is 97.6 cm³/mol. The first-order valence-electron chi connectivity index (χ1n) is 8.80. The second-order valence-electron chi connectivity index (χ2n) is 6.89. The molecule has 0 aliphatic heterocycles. The Morgan fingerprint density at radius 1 is 1.08 bits per heavy atom. The number of nitrogens with zero attached hydrogens (tertiary/aromatic N) is 1. The lowest BCUT2D eigenvalue weighted by atomic mass is 10.0. The minimum absolute atomic E-state index is 0.0594. The number of hydrogen-bond donors (Lipinski definition) is 1. The van der Waals surface area contributed by atoms with Crippen LogP contribution < -0.4 is 4.74 Å². The molecule has 0 heterocycles. The van der Waals surface area contributed by atoms with E-state index in [4.69, 9.17) is 4.74 Å². The van der Waals surface area contributed by atoms with E-state index < -0.39 is 5.60 Å². The summed E-state index contributed by atoms with van der Waals surface area (Å²) in [5.74, 6) is 0.767. The second kappa shape index (κ2) is 7.70. The fourth-order valence-electron chi connectivity index (χ4n) is 3.35. The summed E-state index contributed by atoms with van der Waals surface area (Å²) >= 11 is 0. The molecule has 0 unspecified atom stereocenters. The largest absolute Gasteiger partial charge is 0.489 e. The van der Waals surface area contributed by atoms with Gasteiger partial charge < -0.3 is 14.7 Å². The van der Waals surface area contributed by atoms with Gasteiger partial charge in [-0.1, -0.05) is 43.2 Å². The van der Waals surface area contributed by atoms with Crippen molar-refractivity contribution >= 4 is 5.91 Å². The number of carbonyl (C=O) groups is 1. The number of rotatable bonds is 6. The molecular formula is C21H25NO3. The van der Waals surface area contributed by atoms with Gasteiger partial charge in [0.2, 0.25) is 0 Å². The molecule has 1 amide bonds. The Kier molecular flexibility index (Phi) is 5.39. The molecule has 1 fully saturated rings. The number of carbonyl (C=O) groups excluding carboxylic acids is 1. The van der Waals surface area contributed by atoms with E-state index in [1.807, 2.05) is 54.6 Å². The standard InChI is InChI=1S/C21H25NO3/c1-22(16-21(24)13-5-6-14-21)20(23)18-11-9-17(10-12-18)15-25-19-7-3-2-4-8-19/h2-4,7-12,24H,5-6,13-16H2,1H3. The van der Waals surface area contributed by atoms with Crippen LogP contribution in [0.4, 0.5) is 0 Å². The number of benzene rings is 2. The molecular weight excluding hydrogens is 314 g/mol. The molecule has 0 bridgehead atoms. The Hall–Kier alpha value is -2.33. The van der Waals surface area contributed by atoms with Crippen LogP contribution in [0.3, 0.4) is 0 Å². The van der Waals surface area contributed by atoms with Gasteiger partial charge in [-0.2, -0.15) is 0 Å². The summed E-state index contributed by atoms with van der Waals surface area (Å²) in [6.07, 6.45) is 3.63. The van der Waals surface area contributed by atoms with Crippen LogP contribution in [0, 0.1) is 0 Å². The van der Waals surface area contributed by atoms with Crippen LogP contribution in [-0.2, 0) is 6.61 Å². The predicted octanol–water partition coefficient (Wildman–Crippen LogP) is 3.64. The Morgan fingerprint density at radius 3 is 2.36 bits per heavy atom. The maximum Gasteiger partial charge on any atom is 0.253 e. The molecule has 1 saturated carbocycles. The van der Waals surface area contributed by atoms with Gasteiger partial charge in [-0.3, -0.25) is 4.79 Å². The van der Waals surface area contributed by atoms with Crippen molar-refractivity contribution in [3.8, 4) is 5.75 Å². The number of ether oxygens (including phenoxy) is 1. The van der Waals surface area contributed by atoms with E-state index in [0.717, 1.165) is 37.0 Å². The molecule has 0 radical (unpaired) electrons. The number of hydrogen-bond acceptors (Lipinski definition) is 3. The molecule has 2 aromatic carbocycles. The normalized spacial score (nSPS) is 15.8. The number of amides is 1. The van der Waals surface area contributed by atoms with E-state index in [2.05, 4.69) is 0 Å². The number of para-hydroxylation sites is 1. The molecule has 4 nitrogen and oxygen atoms in total. The van der Waals surface area contributed by atoms with Crippen LogP contribution in [0.25, 0.3) is 0 Å². The first kappa shape index (κ1) is 17.5. The Balaban J connectivity index is 1.56. The van der Waals surface area contributed by atoms with Crippen LogP contribution >= 0.6 is 0 Å². The zero-order chi connectivity index (χ0) is 17.7. The zero-order valence-corrected chi connectivity index (χ0v) is 14.6. The SMILES string of the molecule is CN(CC1(O)CCCC1)C(=O)c1ccc(COc2ccccc2)cc1. The van der Waals surface area contributed by atoms with Gasteiger partial charge in [-0.05, 0) is 42.7 Å². The van der Waals surface area contributed by atoms with E-state index in [9.17, 15) is 9.90 Å². The summed E-state index contributed by atoms with van der Waals surface area (Å²) in [5.41, 5.74) is 0.929. The summed E-state index contributed by atoms with van der Waals surface area (Å²) < 4.78 is 5.71. The van der Waals surface area contributed by atoms with Crippen LogP contribution in [0.2, 0.25) is 0 Å². The van der Waals surface area contributed by atoms with Crippen molar-refractivity contribution < 1.29 is 14.6 Å². The van der Waals surface area contributed by atoms with Crippen molar-refractivity contribution in [2.75, 3.05) is 13.6 Å². The third-order valence-corrected chi connectivity index (χ3v) is 4.76. The highest BCUT2D eigenvalue weighted by Gasteiger charge is 2.33. The summed E-state index contributed by atoms with van der Waals surface area (Å²) in [4.78, 5) is 14.2. The molecule has 1 aliphatic carbocycles.